The van der Waals surface area contributed by atoms with Crippen LogP contribution >= 0.6 is 0 Å². The first-order chi connectivity index (χ1) is 15.0. The molecule has 3 nitrogen and oxygen atoms in total. The number of rotatable bonds is 1. The minimum atomic E-state index is -0.689. The van der Waals surface area contributed by atoms with Crippen LogP contribution in [-0.2, 0) is 0 Å². The number of fused-ring (bicyclic) bond motifs is 7. The first-order valence-electron chi connectivity index (χ1n) is 14.1. The van der Waals surface area contributed by atoms with E-state index >= 15 is 0 Å². The molecule has 5 aliphatic carbocycles. The molecule has 0 amide bonds. The van der Waals surface area contributed by atoms with Crippen LogP contribution in [0, 0.1) is 56.7 Å². The number of hydrogen-bond donors (Lipinski definition) is 3. The van der Waals surface area contributed by atoms with Crippen molar-refractivity contribution in [2.75, 3.05) is 0 Å². The second kappa shape index (κ2) is 7.00. The van der Waals surface area contributed by atoms with E-state index in [1.54, 1.807) is 0 Å². The smallest absolute Gasteiger partial charge is 0.0622 e. The average Bonchev–Trinajstić information content (AvgIpc) is 3.05. The molecule has 5 rings (SSSR count). The molecular formula is C30H52O3. The van der Waals surface area contributed by atoms with Crippen molar-refractivity contribution in [2.24, 2.45) is 56.7 Å². The van der Waals surface area contributed by atoms with Gasteiger partial charge >= 0.3 is 0 Å². The van der Waals surface area contributed by atoms with Gasteiger partial charge in [-0.05, 0) is 128 Å². The van der Waals surface area contributed by atoms with Gasteiger partial charge < -0.3 is 15.3 Å². The zero-order valence-electron chi connectivity index (χ0n) is 22.7. The van der Waals surface area contributed by atoms with Crippen LogP contribution in [0.4, 0.5) is 0 Å². The van der Waals surface area contributed by atoms with E-state index in [9.17, 15) is 15.3 Å². The van der Waals surface area contributed by atoms with E-state index in [4.69, 9.17) is 0 Å². The van der Waals surface area contributed by atoms with Crippen molar-refractivity contribution in [2.45, 2.75) is 131 Å². The van der Waals surface area contributed by atoms with Gasteiger partial charge in [-0.1, -0.05) is 41.5 Å². The molecule has 5 fully saturated rings. The summed E-state index contributed by atoms with van der Waals surface area (Å²) in [6.45, 7) is 18.7. The normalized spacial score (nSPS) is 58.1. The van der Waals surface area contributed by atoms with Crippen molar-refractivity contribution in [1.82, 2.24) is 0 Å². The highest BCUT2D eigenvalue weighted by atomic mass is 16.3. The second-order valence-electron chi connectivity index (χ2n) is 15.6. The zero-order chi connectivity index (χ0) is 24.4. The Bertz CT molecular complexity index is 799. The fraction of sp³-hybridized carbons (Fsp3) is 1.00. The Kier molecular flexibility index (Phi) is 5.21. The SMILES string of the molecule is CC(C)(O)[C@@H]1CC[C@@]2(C)[C@H]1[C@H]1CC[C@@H]3[C@@]4(C)CC[C@H](O)C(C)(C)[C@@H]4CC[C@@]3(C)[C@]1(C)C[C@@H]2O. The van der Waals surface area contributed by atoms with Crippen LogP contribution in [0.25, 0.3) is 0 Å². The minimum Gasteiger partial charge on any atom is -0.393 e. The van der Waals surface area contributed by atoms with Gasteiger partial charge in [-0.2, -0.15) is 0 Å². The van der Waals surface area contributed by atoms with Gasteiger partial charge in [-0.25, -0.2) is 0 Å². The van der Waals surface area contributed by atoms with Crippen molar-refractivity contribution in [1.29, 1.82) is 0 Å². The molecule has 3 heteroatoms. The molecule has 190 valence electrons. The third-order valence-electron chi connectivity index (χ3n) is 13.8. The molecule has 0 spiro atoms. The van der Waals surface area contributed by atoms with Crippen LogP contribution in [0.1, 0.15) is 113 Å². The van der Waals surface area contributed by atoms with Gasteiger partial charge in [0.25, 0.3) is 0 Å². The molecule has 11 atom stereocenters. The van der Waals surface area contributed by atoms with E-state index in [1.165, 1.54) is 25.7 Å². The van der Waals surface area contributed by atoms with Gasteiger partial charge in [-0.3, -0.25) is 0 Å². The Morgan fingerprint density at radius 3 is 1.94 bits per heavy atom. The summed E-state index contributed by atoms with van der Waals surface area (Å²) in [6.07, 6.45) is 9.54. The number of aliphatic hydroxyl groups excluding tert-OH is 2. The molecule has 3 N–H and O–H groups in total. The standard InChI is InChI=1S/C30H52O3/c1-25(2)20-12-16-29(7)21(27(20,5)15-13-22(25)31)10-9-19-24-18(26(3,4)33)11-14-28(24,6)23(32)17-30(19,29)8/h18-24,31-33H,9-17H2,1-8H3/t18-,19-,20+,21-,22+,23+,24-,27+,28-,29-,30-/m1/s1. The van der Waals surface area contributed by atoms with Gasteiger partial charge in [0.05, 0.1) is 17.8 Å². The lowest BCUT2D eigenvalue weighted by Crippen LogP contribution is -2.68. The largest absolute Gasteiger partial charge is 0.393 e. The Labute approximate surface area is 203 Å². The predicted molar refractivity (Wildman–Crippen MR) is 134 cm³/mol. The first kappa shape index (κ1) is 24.6. The maximum Gasteiger partial charge on any atom is 0.0622 e. The van der Waals surface area contributed by atoms with Crippen molar-refractivity contribution in [3.8, 4) is 0 Å². The molecule has 0 bridgehead atoms. The summed E-state index contributed by atoms with van der Waals surface area (Å²) in [7, 11) is 0. The maximum atomic E-state index is 11.7. The molecule has 0 aromatic rings. The van der Waals surface area contributed by atoms with Crippen LogP contribution < -0.4 is 0 Å². The van der Waals surface area contributed by atoms with Crippen molar-refractivity contribution >= 4 is 0 Å². The highest BCUT2D eigenvalue weighted by molar-refractivity contribution is 5.21. The van der Waals surface area contributed by atoms with Crippen molar-refractivity contribution < 1.29 is 15.3 Å². The monoisotopic (exact) mass is 460 g/mol. The summed E-state index contributed by atoms with van der Waals surface area (Å²) < 4.78 is 0. The summed E-state index contributed by atoms with van der Waals surface area (Å²) >= 11 is 0. The van der Waals surface area contributed by atoms with Crippen molar-refractivity contribution in [3.05, 3.63) is 0 Å². The van der Waals surface area contributed by atoms with Gasteiger partial charge in [-0.15, -0.1) is 0 Å². The molecule has 0 radical (unpaired) electrons. The fourth-order valence-corrected chi connectivity index (χ4v) is 11.8. The van der Waals surface area contributed by atoms with E-state index in [0.29, 0.717) is 23.7 Å². The van der Waals surface area contributed by atoms with Crippen LogP contribution in [0.15, 0.2) is 0 Å². The molecular weight excluding hydrogens is 408 g/mol. The van der Waals surface area contributed by atoms with E-state index in [2.05, 4.69) is 41.5 Å². The molecule has 33 heavy (non-hydrogen) atoms. The quantitative estimate of drug-likeness (QED) is 0.437. The highest BCUT2D eigenvalue weighted by Crippen LogP contribution is 2.77. The van der Waals surface area contributed by atoms with Gasteiger partial charge in [0.2, 0.25) is 0 Å². The molecule has 0 heterocycles. The molecule has 0 aliphatic heterocycles. The molecule has 5 aliphatic rings. The topological polar surface area (TPSA) is 60.7 Å². The third-order valence-corrected chi connectivity index (χ3v) is 13.8. The predicted octanol–water partition coefficient (Wildman–Crippen LogP) is 6.19. The summed E-state index contributed by atoms with van der Waals surface area (Å²) in [6, 6.07) is 0. The number of aliphatic hydroxyl groups is 3. The lowest BCUT2D eigenvalue weighted by molar-refractivity contribution is -0.266. The molecule has 0 aromatic heterocycles. The second-order valence-corrected chi connectivity index (χ2v) is 15.6. The van der Waals surface area contributed by atoms with Gasteiger partial charge in [0, 0.05) is 0 Å². The van der Waals surface area contributed by atoms with E-state index in [1.807, 2.05) is 13.8 Å². The Morgan fingerprint density at radius 2 is 1.30 bits per heavy atom. The van der Waals surface area contributed by atoms with E-state index in [0.717, 1.165) is 32.1 Å². The lowest BCUT2D eigenvalue weighted by atomic mass is 9.32. The van der Waals surface area contributed by atoms with E-state index in [-0.39, 0.29) is 45.2 Å². The fourth-order valence-electron chi connectivity index (χ4n) is 11.8. The van der Waals surface area contributed by atoms with Crippen LogP contribution in [0.5, 0.6) is 0 Å². The minimum absolute atomic E-state index is 0.0196. The first-order valence-corrected chi connectivity index (χ1v) is 14.1. The van der Waals surface area contributed by atoms with Gasteiger partial charge in [0.1, 0.15) is 0 Å². The summed E-state index contributed by atoms with van der Waals surface area (Å²) in [4.78, 5) is 0. The lowest BCUT2D eigenvalue weighted by Gasteiger charge is -2.73. The van der Waals surface area contributed by atoms with Gasteiger partial charge in [0.15, 0.2) is 0 Å². The highest BCUT2D eigenvalue weighted by Gasteiger charge is 2.72. The Hall–Kier alpha value is -0.120. The van der Waals surface area contributed by atoms with Crippen LogP contribution in [-0.4, -0.2) is 33.1 Å². The van der Waals surface area contributed by atoms with E-state index < -0.39 is 5.60 Å². The molecule has 5 saturated carbocycles. The summed E-state index contributed by atoms with van der Waals surface area (Å²) in [5.41, 5.74) is -0.202. The van der Waals surface area contributed by atoms with Crippen molar-refractivity contribution in [3.63, 3.8) is 0 Å². The maximum absolute atomic E-state index is 11.7. The molecule has 0 unspecified atom stereocenters. The molecule has 0 aromatic carbocycles. The Balaban J connectivity index is 1.57. The van der Waals surface area contributed by atoms with Crippen LogP contribution in [0.3, 0.4) is 0 Å². The molecule has 0 saturated heterocycles. The summed E-state index contributed by atoms with van der Waals surface area (Å²) in [5.74, 6) is 2.47. The Morgan fingerprint density at radius 1 is 0.667 bits per heavy atom. The zero-order valence-corrected chi connectivity index (χ0v) is 22.7. The van der Waals surface area contributed by atoms with Crippen LogP contribution in [0.2, 0.25) is 0 Å². The summed E-state index contributed by atoms with van der Waals surface area (Å²) in [5, 5.41) is 33.8. The third kappa shape index (κ3) is 2.91. The average molecular weight is 461 g/mol. The number of hydrogen-bond acceptors (Lipinski definition) is 3.